The summed E-state index contributed by atoms with van der Waals surface area (Å²) in [7, 11) is 0. The zero-order chi connectivity index (χ0) is 14.3. The molecule has 1 unspecified atom stereocenters. The van der Waals surface area contributed by atoms with Crippen LogP contribution in [-0.2, 0) is 6.42 Å². The lowest BCUT2D eigenvalue weighted by Gasteiger charge is -2.22. The highest BCUT2D eigenvalue weighted by Gasteiger charge is 2.35. The van der Waals surface area contributed by atoms with Crippen LogP contribution in [0.25, 0.3) is 0 Å². The summed E-state index contributed by atoms with van der Waals surface area (Å²) in [5, 5.41) is 18.5. The summed E-state index contributed by atoms with van der Waals surface area (Å²) in [6.07, 6.45) is 0.785. The molecule has 0 fully saturated rings. The third kappa shape index (κ3) is 1.92. The zero-order valence-corrected chi connectivity index (χ0v) is 13.0. The van der Waals surface area contributed by atoms with E-state index in [9.17, 15) is 5.26 Å². The van der Waals surface area contributed by atoms with Crippen molar-refractivity contribution < 1.29 is 4.74 Å². The van der Waals surface area contributed by atoms with E-state index < -0.39 is 0 Å². The second-order valence-electron chi connectivity index (χ2n) is 4.37. The van der Waals surface area contributed by atoms with Gasteiger partial charge in [0.05, 0.1) is 11.5 Å². The molecule has 0 spiro atoms. The van der Waals surface area contributed by atoms with Gasteiger partial charge in [0.25, 0.3) is 0 Å². The Morgan fingerprint density at radius 2 is 2.45 bits per heavy atom. The number of ether oxygens (including phenoxy) is 1. The molecule has 0 aromatic carbocycles. The number of hydrogen-bond acceptors (Lipinski definition) is 5. The van der Waals surface area contributed by atoms with Gasteiger partial charge in [-0.1, -0.05) is 6.92 Å². The third-order valence-corrected chi connectivity index (χ3v) is 5.00. The zero-order valence-electron chi connectivity index (χ0n) is 10.6. The number of nitrogens with zero attached hydrogens (tertiary/aromatic N) is 2. The number of rotatable bonds is 2. The van der Waals surface area contributed by atoms with Crippen LogP contribution >= 0.6 is 27.3 Å². The summed E-state index contributed by atoms with van der Waals surface area (Å²) in [4.78, 5) is 1.04. The average Bonchev–Trinajstić information content (AvgIpc) is 3.03. The van der Waals surface area contributed by atoms with E-state index in [2.05, 4.69) is 32.2 Å². The quantitative estimate of drug-likeness (QED) is 0.871. The predicted molar refractivity (Wildman–Crippen MR) is 79.3 cm³/mol. The van der Waals surface area contributed by atoms with E-state index in [1.165, 1.54) is 0 Å². The number of allylic oxidation sites excluding steroid dienone is 1. The lowest BCUT2D eigenvalue weighted by Crippen LogP contribution is -2.20. The number of H-pyrrole nitrogens is 1. The summed E-state index contributed by atoms with van der Waals surface area (Å²) in [5.41, 5.74) is 8.17. The topological polar surface area (TPSA) is 87.7 Å². The number of halogens is 1. The van der Waals surface area contributed by atoms with E-state index in [0.717, 1.165) is 27.0 Å². The number of aromatic amines is 1. The lowest BCUT2D eigenvalue weighted by atomic mass is 9.88. The SMILES string of the molecule is CCc1[nH]nc2c1C(c1cc(Br)cs1)C(C#N)=C(N)O2. The van der Waals surface area contributed by atoms with E-state index in [1.54, 1.807) is 11.3 Å². The fourth-order valence-electron chi connectivity index (χ4n) is 2.34. The van der Waals surface area contributed by atoms with Crippen molar-refractivity contribution in [3.63, 3.8) is 0 Å². The molecule has 0 aliphatic carbocycles. The van der Waals surface area contributed by atoms with E-state index in [0.29, 0.717) is 11.5 Å². The molecule has 1 atom stereocenters. The van der Waals surface area contributed by atoms with E-state index in [1.807, 2.05) is 18.4 Å². The van der Waals surface area contributed by atoms with Crippen LogP contribution in [0.4, 0.5) is 0 Å². The first-order valence-electron chi connectivity index (χ1n) is 6.04. The van der Waals surface area contributed by atoms with Crippen LogP contribution in [-0.4, -0.2) is 10.2 Å². The van der Waals surface area contributed by atoms with Crippen LogP contribution in [0.2, 0.25) is 0 Å². The van der Waals surface area contributed by atoms with Gasteiger partial charge < -0.3 is 10.5 Å². The first kappa shape index (κ1) is 13.2. The molecule has 1 aliphatic rings. The Labute approximate surface area is 128 Å². The van der Waals surface area contributed by atoms with Gasteiger partial charge >= 0.3 is 0 Å². The number of nitrogens with one attached hydrogen (secondary N) is 1. The van der Waals surface area contributed by atoms with E-state index >= 15 is 0 Å². The van der Waals surface area contributed by atoms with E-state index in [4.69, 9.17) is 10.5 Å². The first-order valence-corrected chi connectivity index (χ1v) is 7.71. The van der Waals surface area contributed by atoms with Crippen LogP contribution in [0.15, 0.2) is 27.4 Å². The number of hydrogen-bond donors (Lipinski definition) is 2. The highest BCUT2D eigenvalue weighted by Crippen LogP contribution is 2.45. The number of thiophene rings is 1. The number of nitriles is 1. The van der Waals surface area contributed by atoms with Crippen LogP contribution in [0, 0.1) is 11.3 Å². The van der Waals surface area contributed by atoms with Crippen molar-refractivity contribution in [2.24, 2.45) is 5.73 Å². The number of fused-ring (bicyclic) bond motifs is 1. The van der Waals surface area contributed by atoms with Gasteiger partial charge in [0.2, 0.25) is 11.8 Å². The number of nitrogens with two attached hydrogens (primary N) is 1. The van der Waals surface area contributed by atoms with Gasteiger partial charge in [0.1, 0.15) is 11.6 Å². The Hall–Kier alpha value is -1.78. The molecule has 20 heavy (non-hydrogen) atoms. The molecular formula is C13H11BrN4OS. The van der Waals surface area contributed by atoms with Crippen molar-refractivity contribution >= 4 is 27.3 Å². The molecule has 102 valence electrons. The highest BCUT2D eigenvalue weighted by molar-refractivity contribution is 9.10. The third-order valence-electron chi connectivity index (χ3n) is 3.24. The molecule has 3 N–H and O–H groups in total. The molecule has 3 heterocycles. The Balaban J connectivity index is 2.23. The maximum absolute atomic E-state index is 9.42. The summed E-state index contributed by atoms with van der Waals surface area (Å²) in [6, 6.07) is 4.17. The van der Waals surface area contributed by atoms with Gasteiger partial charge in [0, 0.05) is 20.4 Å². The molecule has 1 aliphatic heterocycles. The first-order chi connectivity index (χ1) is 9.65. The number of aromatic nitrogens is 2. The minimum Gasteiger partial charge on any atom is -0.420 e. The van der Waals surface area contributed by atoms with Crippen molar-refractivity contribution in [3.8, 4) is 11.9 Å². The van der Waals surface area contributed by atoms with Crippen molar-refractivity contribution in [2.75, 3.05) is 0 Å². The van der Waals surface area contributed by atoms with Crippen LogP contribution < -0.4 is 10.5 Å². The maximum Gasteiger partial charge on any atom is 0.244 e. The number of aryl methyl sites for hydroxylation is 1. The van der Waals surface area contributed by atoms with Crippen molar-refractivity contribution in [3.05, 3.63) is 43.5 Å². The minimum absolute atomic E-state index is 0.128. The Bertz CT molecular complexity index is 740. The molecule has 0 radical (unpaired) electrons. The molecule has 0 saturated heterocycles. The molecule has 0 amide bonds. The van der Waals surface area contributed by atoms with Crippen LogP contribution in [0.3, 0.4) is 0 Å². The fourth-order valence-corrected chi connectivity index (χ4v) is 3.90. The van der Waals surface area contributed by atoms with Gasteiger partial charge in [-0.15, -0.1) is 16.4 Å². The van der Waals surface area contributed by atoms with Crippen molar-refractivity contribution in [1.29, 1.82) is 5.26 Å². The maximum atomic E-state index is 9.42. The summed E-state index contributed by atoms with van der Waals surface area (Å²) >= 11 is 5.03. The predicted octanol–water partition coefficient (Wildman–Crippen LogP) is 3.01. The second kappa shape index (κ2) is 4.96. The van der Waals surface area contributed by atoms with Crippen LogP contribution in [0.1, 0.15) is 29.0 Å². The van der Waals surface area contributed by atoms with Crippen molar-refractivity contribution in [1.82, 2.24) is 10.2 Å². The fraction of sp³-hybridized carbons (Fsp3) is 0.231. The van der Waals surface area contributed by atoms with Gasteiger partial charge in [-0.05, 0) is 28.4 Å². The monoisotopic (exact) mass is 350 g/mol. The highest BCUT2D eigenvalue weighted by atomic mass is 79.9. The molecule has 7 heteroatoms. The minimum atomic E-state index is -0.214. The van der Waals surface area contributed by atoms with Gasteiger partial charge in [-0.3, -0.25) is 5.10 Å². The Morgan fingerprint density at radius 1 is 1.65 bits per heavy atom. The Morgan fingerprint density at radius 3 is 3.05 bits per heavy atom. The van der Waals surface area contributed by atoms with Gasteiger partial charge in [-0.2, -0.15) is 5.26 Å². The molecule has 0 bridgehead atoms. The smallest absolute Gasteiger partial charge is 0.244 e. The molecule has 2 aromatic rings. The van der Waals surface area contributed by atoms with Crippen LogP contribution in [0.5, 0.6) is 5.88 Å². The Kier molecular flexibility index (Phi) is 3.28. The van der Waals surface area contributed by atoms with Gasteiger partial charge in [-0.25, -0.2) is 0 Å². The van der Waals surface area contributed by atoms with Gasteiger partial charge in [0.15, 0.2) is 0 Å². The summed E-state index contributed by atoms with van der Waals surface area (Å²) < 4.78 is 6.45. The largest absolute Gasteiger partial charge is 0.420 e. The molecule has 2 aromatic heterocycles. The lowest BCUT2D eigenvalue weighted by molar-refractivity contribution is 0.379. The van der Waals surface area contributed by atoms with Crippen molar-refractivity contribution in [2.45, 2.75) is 19.3 Å². The standard InChI is InChI=1S/C13H11BrN4OS/c1-2-8-11-10(9-3-6(14)5-20-9)7(4-15)12(16)19-13(11)18-17-8/h3,5,10H,2,16H2,1H3,(H,17,18). The molecular weight excluding hydrogens is 340 g/mol. The van der Waals surface area contributed by atoms with E-state index in [-0.39, 0.29) is 11.8 Å². The summed E-state index contributed by atoms with van der Waals surface area (Å²) in [5.74, 6) is 0.380. The second-order valence-corrected chi connectivity index (χ2v) is 6.23. The summed E-state index contributed by atoms with van der Waals surface area (Å²) in [6.45, 7) is 2.03. The normalized spacial score (nSPS) is 17.6. The molecule has 3 rings (SSSR count). The average molecular weight is 351 g/mol. The molecule has 0 saturated carbocycles. The molecule has 5 nitrogen and oxygen atoms in total.